The summed E-state index contributed by atoms with van der Waals surface area (Å²) in [6.45, 7) is 3.15. The van der Waals surface area contributed by atoms with E-state index >= 15 is 0 Å². The molecule has 0 bridgehead atoms. The third-order valence-corrected chi connectivity index (χ3v) is 2.57. The standard InChI is InChI=1S/C11H14F2N2O.ClH/c1-7-5-14-10(6-16-7)8-3-2-4-9(15-8)11(12)13;/h2-4,7,10-11,14H,5-6H2,1H3;1H/t7-,10?;/m1./s1. The van der Waals surface area contributed by atoms with Gasteiger partial charge in [-0.3, -0.25) is 4.98 Å². The first-order valence-corrected chi connectivity index (χ1v) is 5.27. The summed E-state index contributed by atoms with van der Waals surface area (Å²) in [5.41, 5.74) is 0.433. The molecular formula is C11H15ClF2N2O. The van der Waals surface area contributed by atoms with E-state index in [1.165, 1.54) is 6.07 Å². The van der Waals surface area contributed by atoms with E-state index in [0.29, 0.717) is 18.8 Å². The Hall–Kier alpha value is -0.780. The SMILES string of the molecule is C[C@@H]1CNC(c2cccc(C(F)F)n2)CO1.Cl. The summed E-state index contributed by atoms with van der Waals surface area (Å²) in [5.74, 6) is 0. The Labute approximate surface area is 105 Å². The minimum absolute atomic E-state index is 0. The number of morpholine rings is 1. The number of nitrogens with zero attached hydrogens (tertiary/aromatic N) is 1. The fourth-order valence-electron chi connectivity index (χ4n) is 1.66. The first-order chi connectivity index (χ1) is 7.66. The molecule has 0 spiro atoms. The normalized spacial score (nSPS) is 24.5. The topological polar surface area (TPSA) is 34.2 Å². The Morgan fingerprint density at radius 1 is 1.47 bits per heavy atom. The maximum Gasteiger partial charge on any atom is 0.280 e. The second-order valence-corrected chi connectivity index (χ2v) is 3.89. The fraction of sp³-hybridized carbons (Fsp3) is 0.545. The van der Waals surface area contributed by atoms with Gasteiger partial charge in [-0.25, -0.2) is 8.78 Å². The van der Waals surface area contributed by atoms with Gasteiger partial charge in [0.2, 0.25) is 0 Å². The van der Waals surface area contributed by atoms with Crippen molar-refractivity contribution < 1.29 is 13.5 Å². The zero-order valence-corrected chi connectivity index (χ0v) is 10.2. The summed E-state index contributed by atoms with van der Waals surface area (Å²) < 4.78 is 30.4. The molecule has 1 saturated heterocycles. The van der Waals surface area contributed by atoms with Crippen LogP contribution in [-0.2, 0) is 4.74 Å². The van der Waals surface area contributed by atoms with Gasteiger partial charge in [-0.1, -0.05) is 6.07 Å². The fourth-order valence-corrected chi connectivity index (χ4v) is 1.66. The zero-order chi connectivity index (χ0) is 11.5. The van der Waals surface area contributed by atoms with Crippen molar-refractivity contribution in [2.75, 3.05) is 13.2 Å². The van der Waals surface area contributed by atoms with Gasteiger partial charge in [0.15, 0.2) is 0 Å². The number of hydrogen-bond donors (Lipinski definition) is 1. The van der Waals surface area contributed by atoms with Crippen LogP contribution < -0.4 is 5.32 Å². The zero-order valence-electron chi connectivity index (χ0n) is 9.40. The number of ether oxygens (including phenoxy) is 1. The monoisotopic (exact) mass is 264 g/mol. The molecule has 0 saturated carbocycles. The second kappa shape index (κ2) is 6.23. The number of halogens is 3. The molecule has 17 heavy (non-hydrogen) atoms. The molecule has 0 aromatic carbocycles. The van der Waals surface area contributed by atoms with E-state index < -0.39 is 6.43 Å². The predicted octanol–water partition coefficient (Wildman–Crippen LogP) is 2.49. The van der Waals surface area contributed by atoms with E-state index in [2.05, 4.69) is 10.3 Å². The van der Waals surface area contributed by atoms with Crippen LogP contribution in [0.4, 0.5) is 8.78 Å². The Morgan fingerprint density at radius 2 is 2.24 bits per heavy atom. The molecule has 1 aliphatic rings. The summed E-state index contributed by atoms with van der Waals surface area (Å²) in [4.78, 5) is 3.93. The largest absolute Gasteiger partial charge is 0.375 e. The van der Waals surface area contributed by atoms with Crippen LogP contribution in [0.2, 0.25) is 0 Å². The molecular weight excluding hydrogens is 250 g/mol. The molecule has 1 aliphatic heterocycles. The molecule has 0 amide bonds. The minimum Gasteiger partial charge on any atom is -0.375 e. The molecule has 2 heterocycles. The van der Waals surface area contributed by atoms with Crippen LogP contribution in [0.25, 0.3) is 0 Å². The predicted molar refractivity (Wildman–Crippen MR) is 62.6 cm³/mol. The lowest BCUT2D eigenvalue weighted by molar-refractivity contribution is 0.0138. The molecule has 96 valence electrons. The maximum absolute atomic E-state index is 12.5. The van der Waals surface area contributed by atoms with E-state index in [0.717, 1.165) is 0 Å². The molecule has 1 N–H and O–H groups in total. The summed E-state index contributed by atoms with van der Waals surface area (Å²) >= 11 is 0. The molecule has 6 heteroatoms. The van der Waals surface area contributed by atoms with Crippen LogP contribution in [0.5, 0.6) is 0 Å². The van der Waals surface area contributed by atoms with Crippen LogP contribution in [0.1, 0.15) is 30.8 Å². The Morgan fingerprint density at radius 3 is 2.82 bits per heavy atom. The van der Waals surface area contributed by atoms with Crippen molar-refractivity contribution in [3.63, 3.8) is 0 Å². The second-order valence-electron chi connectivity index (χ2n) is 3.89. The van der Waals surface area contributed by atoms with Gasteiger partial charge in [0.05, 0.1) is 24.4 Å². The van der Waals surface area contributed by atoms with Crippen LogP contribution in [0.3, 0.4) is 0 Å². The molecule has 1 fully saturated rings. The van der Waals surface area contributed by atoms with Crippen LogP contribution in [0.15, 0.2) is 18.2 Å². The average molecular weight is 265 g/mol. The highest BCUT2D eigenvalue weighted by Crippen LogP contribution is 2.20. The molecule has 2 rings (SSSR count). The summed E-state index contributed by atoms with van der Waals surface area (Å²) in [5, 5.41) is 3.22. The first-order valence-electron chi connectivity index (χ1n) is 5.27. The number of aromatic nitrogens is 1. The molecule has 1 aromatic rings. The van der Waals surface area contributed by atoms with Crippen molar-refractivity contribution in [3.8, 4) is 0 Å². The summed E-state index contributed by atoms with van der Waals surface area (Å²) in [7, 11) is 0. The Balaban J connectivity index is 0.00000144. The van der Waals surface area contributed by atoms with E-state index in [4.69, 9.17) is 4.74 Å². The number of rotatable bonds is 2. The number of alkyl halides is 2. The first kappa shape index (κ1) is 14.3. The van der Waals surface area contributed by atoms with Crippen molar-refractivity contribution in [1.82, 2.24) is 10.3 Å². The number of pyridine rings is 1. The average Bonchev–Trinajstić information content (AvgIpc) is 2.30. The lowest BCUT2D eigenvalue weighted by Gasteiger charge is -2.28. The Bertz CT molecular complexity index is 357. The third kappa shape index (κ3) is 3.59. The summed E-state index contributed by atoms with van der Waals surface area (Å²) in [6, 6.07) is 4.59. The van der Waals surface area contributed by atoms with Gasteiger partial charge < -0.3 is 10.1 Å². The minimum atomic E-state index is -2.52. The van der Waals surface area contributed by atoms with Gasteiger partial charge in [-0.2, -0.15) is 0 Å². The van der Waals surface area contributed by atoms with Gasteiger partial charge in [0.1, 0.15) is 5.69 Å². The summed E-state index contributed by atoms with van der Waals surface area (Å²) in [6.07, 6.45) is -2.36. The third-order valence-electron chi connectivity index (χ3n) is 2.57. The molecule has 3 nitrogen and oxygen atoms in total. The maximum atomic E-state index is 12.5. The number of hydrogen-bond acceptors (Lipinski definition) is 3. The van der Waals surface area contributed by atoms with Gasteiger partial charge >= 0.3 is 0 Å². The highest BCUT2D eigenvalue weighted by molar-refractivity contribution is 5.85. The molecule has 2 atom stereocenters. The van der Waals surface area contributed by atoms with Crippen LogP contribution >= 0.6 is 12.4 Å². The molecule has 0 radical (unpaired) electrons. The smallest absolute Gasteiger partial charge is 0.280 e. The van der Waals surface area contributed by atoms with Gasteiger partial charge in [-0.15, -0.1) is 12.4 Å². The Kier molecular flexibility index (Phi) is 5.24. The van der Waals surface area contributed by atoms with Crippen molar-refractivity contribution >= 4 is 12.4 Å². The van der Waals surface area contributed by atoms with Gasteiger partial charge in [0.25, 0.3) is 6.43 Å². The highest BCUT2D eigenvalue weighted by atomic mass is 35.5. The van der Waals surface area contributed by atoms with E-state index in [-0.39, 0.29) is 30.2 Å². The molecule has 1 aromatic heterocycles. The van der Waals surface area contributed by atoms with Crippen molar-refractivity contribution in [1.29, 1.82) is 0 Å². The number of nitrogens with one attached hydrogen (secondary N) is 1. The van der Waals surface area contributed by atoms with Gasteiger partial charge in [-0.05, 0) is 19.1 Å². The van der Waals surface area contributed by atoms with Crippen LogP contribution in [-0.4, -0.2) is 24.2 Å². The van der Waals surface area contributed by atoms with Crippen LogP contribution in [0, 0.1) is 0 Å². The van der Waals surface area contributed by atoms with E-state index in [1.54, 1.807) is 12.1 Å². The van der Waals surface area contributed by atoms with Crippen molar-refractivity contribution in [2.45, 2.75) is 25.5 Å². The van der Waals surface area contributed by atoms with E-state index in [1.807, 2.05) is 6.92 Å². The molecule has 0 aliphatic carbocycles. The van der Waals surface area contributed by atoms with Crippen molar-refractivity contribution in [3.05, 3.63) is 29.6 Å². The van der Waals surface area contributed by atoms with E-state index in [9.17, 15) is 8.78 Å². The lowest BCUT2D eigenvalue weighted by atomic mass is 10.1. The van der Waals surface area contributed by atoms with Crippen molar-refractivity contribution in [2.24, 2.45) is 0 Å². The van der Waals surface area contributed by atoms with Gasteiger partial charge in [0, 0.05) is 6.54 Å². The highest BCUT2D eigenvalue weighted by Gasteiger charge is 2.21. The quantitative estimate of drug-likeness (QED) is 0.891. The lowest BCUT2D eigenvalue weighted by Crippen LogP contribution is -2.40. The molecule has 1 unspecified atom stereocenters.